The number of rotatable bonds is 5. The maximum Gasteiger partial charge on any atom is 0.255 e. The summed E-state index contributed by atoms with van der Waals surface area (Å²) in [6.45, 7) is 1.74. The predicted octanol–water partition coefficient (Wildman–Crippen LogP) is 3.48. The van der Waals surface area contributed by atoms with Crippen molar-refractivity contribution in [3.63, 3.8) is 0 Å². The number of nitrogens with zero attached hydrogens (tertiary/aromatic N) is 1. The highest BCUT2D eigenvalue weighted by Crippen LogP contribution is 2.27. The molecule has 1 aromatic heterocycles. The zero-order chi connectivity index (χ0) is 19.2. The lowest BCUT2D eigenvalue weighted by atomic mass is 10.2. The number of halogens is 1. The van der Waals surface area contributed by atoms with Crippen LogP contribution in [0.4, 0.5) is 5.69 Å². The van der Waals surface area contributed by atoms with Gasteiger partial charge in [0.15, 0.2) is 11.5 Å². The van der Waals surface area contributed by atoms with Crippen molar-refractivity contribution in [2.24, 2.45) is 0 Å². The molecule has 27 heavy (non-hydrogen) atoms. The molecule has 0 atom stereocenters. The summed E-state index contributed by atoms with van der Waals surface area (Å²) in [6.07, 6.45) is 1.61. The van der Waals surface area contributed by atoms with Crippen LogP contribution in [-0.4, -0.2) is 25.4 Å². The average Bonchev–Trinajstić information content (AvgIpc) is 3.32. The summed E-state index contributed by atoms with van der Waals surface area (Å²) in [6, 6.07) is 9.19. The lowest BCUT2D eigenvalue weighted by Crippen LogP contribution is -2.26. The highest BCUT2D eigenvalue weighted by molar-refractivity contribution is 7.89. The fourth-order valence-corrected chi connectivity index (χ4v) is 4.49. The number of oxazole rings is 1. The molecule has 1 fully saturated rings. The van der Waals surface area contributed by atoms with Gasteiger partial charge in [-0.15, -0.1) is 0 Å². The number of aromatic nitrogens is 1. The quantitative estimate of drug-likeness (QED) is 0.676. The zero-order valence-corrected chi connectivity index (χ0v) is 15.9. The second kappa shape index (κ2) is 6.63. The van der Waals surface area contributed by atoms with E-state index >= 15 is 0 Å². The molecule has 7 nitrogen and oxygen atoms in total. The van der Waals surface area contributed by atoms with Gasteiger partial charge in [-0.25, -0.2) is 18.1 Å². The lowest BCUT2D eigenvalue weighted by Gasteiger charge is -2.10. The Morgan fingerprint density at radius 2 is 2.00 bits per heavy atom. The third-order valence-corrected chi connectivity index (χ3v) is 6.14. The van der Waals surface area contributed by atoms with Gasteiger partial charge in [0.2, 0.25) is 10.0 Å². The van der Waals surface area contributed by atoms with E-state index in [9.17, 15) is 13.2 Å². The minimum Gasteiger partial charge on any atom is -0.441 e. The van der Waals surface area contributed by atoms with Crippen molar-refractivity contribution in [3.05, 3.63) is 52.9 Å². The fourth-order valence-electron chi connectivity index (χ4n) is 2.66. The molecule has 1 amide bonds. The molecule has 1 aliphatic carbocycles. The fraction of sp³-hybridized carbons (Fsp3) is 0.222. The molecule has 0 unspecified atom stereocenters. The van der Waals surface area contributed by atoms with Crippen molar-refractivity contribution in [3.8, 4) is 0 Å². The zero-order valence-electron chi connectivity index (χ0n) is 14.3. The number of fused-ring (bicyclic) bond motifs is 1. The number of hydrogen-bond donors (Lipinski definition) is 2. The molecular formula is C18H16ClN3O4S. The van der Waals surface area contributed by atoms with Gasteiger partial charge in [-0.2, -0.15) is 0 Å². The molecule has 3 aromatic rings. The first kappa shape index (κ1) is 18.0. The van der Waals surface area contributed by atoms with Crippen molar-refractivity contribution in [2.75, 3.05) is 5.32 Å². The molecular weight excluding hydrogens is 390 g/mol. The Kier molecular flexibility index (Phi) is 4.41. The van der Waals surface area contributed by atoms with Crippen molar-refractivity contribution in [2.45, 2.75) is 30.7 Å². The Labute approximate surface area is 160 Å². The minimum absolute atomic E-state index is 0.0545. The number of nitrogens with one attached hydrogen (secondary N) is 2. The van der Waals surface area contributed by atoms with Gasteiger partial charge in [-0.3, -0.25) is 4.79 Å². The van der Waals surface area contributed by atoms with Gasteiger partial charge in [0.1, 0.15) is 10.4 Å². The standard InChI is InChI=1S/C18H16ClN3O4S/c1-10-20-15-9-13(5-7-16(15)26-10)21-18(23)11-2-6-14(19)17(8-11)27(24,25)22-12-3-4-12/h2,5-9,12,22H,3-4H2,1H3,(H,21,23). The normalized spacial score (nSPS) is 14.4. The molecule has 2 N–H and O–H groups in total. The molecule has 0 radical (unpaired) electrons. The second-order valence-corrected chi connectivity index (χ2v) is 8.50. The van der Waals surface area contributed by atoms with Crippen LogP contribution in [0, 0.1) is 6.92 Å². The largest absolute Gasteiger partial charge is 0.441 e. The molecule has 9 heteroatoms. The first-order valence-corrected chi connectivity index (χ1v) is 10.2. The van der Waals surface area contributed by atoms with Gasteiger partial charge >= 0.3 is 0 Å². The van der Waals surface area contributed by atoms with Gasteiger partial charge in [-0.1, -0.05) is 11.6 Å². The summed E-state index contributed by atoms with van der Waals surface area (Å²) in [4.78, 5) is 16.7. The first-order valence-electron chi connectivity index (χ1n) is 8.32. The Hall–Kier alpha value is -2.42. The molecule has 0 saturated heterocycles. The Balaban J connectivity index is 1.60. The third-order valence-electron chi connectivity index (χ3n) is 4.13. The van der Waals surface area contributed by atoms with E-state index in [0.717, 1.165) is 12.8 Å². The van der Waals surface area contributed by atoms with Crippen LogP contribution in [0.5, 0.6) is 0 Å². The van der Waals surface area contributed by atoms with Crippen molar-refractivity contribution in [1.82, 2.24) is 9.71 Å². The minimum atomic E-state index is -3.77. The second-order valence-electron chi connectivity index (χ2n) is 6.41. The molecule has 1 saturated carbocycles. The number of carbonyl (C=O) groups excluding carboxylic acids is 1. The number of sulfonamides is 1. The average molecular weight is 406 g/mol. The van der Waals surface area contributed by atoms with Crippen molar-refractivity contribution >= 4 is 44.3 Å². The smallest absolute Gasteiger partial charge is 0.255 e. The van der Waals surface area contributed by atoms with Gasteiger partial charge in [0, 0.05) is 24.2 Å². The predicted molar refractivity (Wildman–Crippen MR) is 101 cm³/mol. The highest BCUT2D eigenvalue weighted by Gasteiger charge is 2.29. The SMILES string of the molecule is Cc1nc2cc(NC(=O)c3ccc(Cl)c(S(=O)(=O)NC4CC4)c3)ccc2o1. The van der Waals surface area contributed by atoms with Crippen LogP contribution in [0.2, 0.25) is 5.02 Å². The summed E-state index contributed by atoms with van der Waals surface area (Å²) in [5, 5.41) is 2.80. The van der Waals surface area contributed by atoms with E-state index in [0.29, 0.717) is 22.7 Å². The highest BCUT2D eigenvalue weighted by atomic mass is 35.5. The molecule has 0 spiro atoms. The molecule has 0 bridgehead atoms. The molecule has 2 aromatic carbocycles. The number of benzene rings is 2. The summed E-state index contributed by atoms with van der Waals surface area (Å²) in [5.74, 6) is 0.0818. The van der Waals surface area contributed by atoms with Gasteiger partial charge in [0.05, 0.1) is 5.02 Å². The number of carbonyl (C=O) groups is 1. The number of amides is 1. The van der Waals surface area contributed by atoms with E-state index in [1.54, 1.807) is 25.1 Å². The number of anilines is 1. The maximum absolute atomic E-state index is 12.6. The topological polar surface area (TPSA) is 101 Å². The monoisotopic (exact) mass is 405 g/mol. The van der Waals surface area contributed by atoms with E-state index in [2.05, 4.69) is 15.0 Å². The van der Waals surface area contributed by atoms with Crippen LogP contribution in [0.15, 0.2) is 45.7 Å². The van der Waals surface area contributed by atoms with Gasteiger partial charge < -0.3 is 9.73 Å². The molecule has 0 aliphatic heterocycles. The van der Waals surface area contributed by atoms with Crippen LogP contribution in [0.3, 0.4) is 0 Å². The van der Waals surface area contributed by atoms with E-state index in [4.69, 9.17) is 16.0 Å². The van der Waals surface area contributed by atoms with E-state index in [1.165, 1.54) is 18.2 Å². The van der Waals surface area contributed by atoms with E-state index < -0.39 is 15.9 Å². The molecule has 4 rings (SSSR count). The van der Waals surface area contributed by atoms with Crippen molar-refractivity contribution in [1.29, 1.82) is 0 Å². The van der Waals surface area contributed by atoms with Gasteiger partial charge in [0.25, 0.3) is 5.91 Å². The Morgan fingerprint density at radius 1 is 1.22 bits per heavy atom. The lowest BCUT2D eigenvalue weighted by molar-refractivity contribution is 0.102. The maximum atomic E-state index is 12.6. The summed E-state index contributed by atoms with van der Waals surface area (Å²) in [5.41, 5.74) is 1.96. The van der Waals surface area contributed by atoms with Crippen LogP contribution < -0.4 is 10.0 Å². The molecule has 140 valence electrons. The van der Waals surface area contributed by atoms with Crippen molar-refractivity contribution < 1.29 is 17.6 Å². The summed E-state index contributed by atoms with van der Waals surface area (Å²) in [7, 11) is -3.77. The van der Waals surface area contributed by atoms with Crippen LogP contribution in [0.25, 0.3) is 11.1 Å². The van der Waals surface area contributed by atoms with Crippen LogP contribution in [0.1, 0.15) is 29.1 Å². The summed E-state index contributed by atoms with van der Waals surface area (Å²) >= 11 is 6.05. The number of aryl methyl sites for hydroxylation is 1. The molecule has 1 aliphatic rings. The first-order chi connectivity index (χ1) is 12.8. The number of hydrogen-bond acceptors (Lipinski definition) is 5. The van der Waals surface area contributed by atoms with E-state index in [1.807, 2.05) is 0 Å². The summed E-state index contributed by atoms with van der Waals surface area (Å²) < 4.78 is 32.8. The van der Waals surface area contributed by atoms with Crippen LogP contribution >= 0.6 is 11.6 Å². The third kappa shape index (κ3) is 3.83. The molecule has 1 heterocycles. The van der Waals surface area contributed by atoms with Gasteiger partial charge in [-0.05, 0) is 49.2 Å². The van der Waals surface area contributed by atoms with Crippen LogP contribution in [-0.2, 0) is 10.0 Å². The Morgan fingerprint density at radius 3 is 2.74 bits per heavy atom. The Bertz CT molecular complexity index is 1150. The van der Waals surface area contributed by atoms with E-state index in [-0.39, 0.29) is 21.5 Å².